The van der Waals surface area contributed by atoms with Crippen molar-refractivity contribution in [3.63, 3.8) is 0 Å². The largest absolute Gasteiger partial charge is 0.477 e. The number of hydrogen-bond acceptors (Lipinski definition) is 4. The first-order valence-corrected chi connectivity index (χ1v) is 6.97. The average Bonchev–Trinajstić information content (AvgIpc) is 2.87. The predicted octanol–water partition coefficient (Wildman–Crippen LogP) is 3.17. The van der Waals surface area contributed by atoms with E-state index in [2.05, 4.69) is 25.7 Å². The van der Waals surface area contributed by atoms with E-state index in [1.54, 1.807) is 6.07 Å². The molecule has 1 saturated heterocycles. The van der Waals surface area contributed by atoms with Crippen LogP contribution >= 0.6 is 0 Å². The molecule has 6 heteroatoms. The second-order valence-corrected chi connectivity index (χ2v) is 6.56. The highest BCUT2D eigenvalue weighted by atomic mass is 16.6. The molecule has 0 saturated carbocycles. The standard InChI is InChI=1S/C15H20N2O4/c1-15(2,3)10-6-7-16(9-10)11-4-5-13(17(20)21)12(8-11)14(18)19/h4-5,8,10H,6-7,9H2,1-3H3,(H,18,19). The molecule has 21 heavy (non-hydrogen) atoms. The number of benzene rings is 1. The van der Waals surface area contributed by atoms with Crippen molar-refractivity contribution in [1.82, 2.24) is 0 Å². The van der Waals surface area contributed by atoms with Crippen molar-refractivity contribution >= 4 is 17.3 Å². The summed E-state index contributed by atoms with van der Waals surface area (Å²) in [4.78, 5) is 23.5. The quantitative estimate of drug-likeness (QED) is 0.683. The number of aromatic carboxylic acids is 1. The van der Waals surface area contributed by atoms with Crippen molar-refractivity contribution in [3.05, 3.63) is 33.9 Å². The van der Waals surface area contributed by atoms with Crippen molar-refractivity contribution in [2.45, 2.75) is 27.2 Å². The van der Waals surface area contributed by atoms with E-state index in [0.717, 1.165) is 25.2 Å². The van der Waals surface area contributed by atoms with Gasteiger partial charge in [-0.2, -0.15) is 0 Å². The van der Waals surface area contributed by atoms with Crippen LogP contribution in [0.4, 0.5) is 11.4 Å². The van der Waals surface area contributed by atoms with Gasteiger partial charge >= 0.3 is 5.97 Å². The maximum absolute atomic E-state index is 11.2. The van der Waals surface area contributed by atoms with Crippen LogP contribution in [0.1, 0.15) is 37.6 Å². The molecule has 0 aromatic heterocycles. The number of nitrogens with zero attached hydrogens (tertiary/aromatic N) is 2. The van der Waals surface area contributed by atoms with Gasteiger partial charge in [0.15, 0.2) is 0 Å². The molecule has 1 unspecified atom stereocenters. The monoisotopic (exact) mass is 292 g/mol. The Bertz CT molecular complexity index is 578. The fraction of sp³-hybridized carbons (Fsp3) is 0.533. The Morgan fingerprint density at radius 2 is 2.10 bits per heavy atom. The first-order chi connectivity index (χ1) is 9.70. The molecule has 0 radical (unpaired) electrons. The molecule has 2 rings (SSSR count). The number of carboxylic acids is 1. The van der Waals surface area contributed by atoms with E-state index in [-0.39, 0.29) is 16.7 Å². The number of carbonyl (C=O) groups is 1. The molecule has 0 aliphatic carbocycles. The maximum atomic E-state index is 11.2. The zero-order chi connectivity index (χ0) is 15.8. The van der Waals surface area contributed by atoms with Gasteiger partial charge in [0.2, 0.25) is 0 Å². The second kappa shape index (κ2) is 5.35. The van der Waals surface area contributed by atoms with Gasteiger partial charge in [-0.3, -0.25) is 10.1 Å². The summed E-state index contributed by atoms with van der Waals surface area (Å²) in [5, 5.41) is 20.0. The van der Waals surface area contributed by atoms with Crippen LogP contribution in [0.2, 0.25) is 0 Å². The molecule has 114 valence electrons. The molecule has 1 atom stereocenters. The fourth-order valence-electron chi connectivity index (χ4n) is 2.75. The Balaban J connectivity index is 2.28. The summed E-state index contributed by atoms with van der Waals surface area (Å²) in [5.41, 5.74) is 0.324. The van der Waals surface area contributed by atoms with Crippen LogP contribution in [0.3, 0.4) is 0 Å². The van der Waals surface area contributed by atoms with Crippen LogP contribution < -0.4 is 4.90 Å². The molecule has 1 aromatic carbocycles. The minimum Gasteiger partial charge on any atom is -0.477 e. The van der Waals surface area contributed by atoms with Crippen molar-refractivity contribution in [1.29, 1.82) is 0 Å². The lowest BCUT2D eigenvalue weighted by atomic mass is 9.80. The molecule has 0 spiro atoms. The van der Waals surface area contributed by atoms with Crippen LogP contribution in [0.25, 0.3) is 0 Å². The third kappa shape index (κ3) is 3.15. The van der Waals surface area contributed by atoms with E-state index in [9.17, 15) is 14.9 Å². The lowest BCUT2D eigenvalue weighted by Gasteiger charge is -2.27. The highest BCUT2D eigenvalue weighted by Gasteiger charge is 2.32. The summed E-state index contributed by atoms with van der Waals surface area (Å²) >= 11 is 0. The summed E-state index contributed by atoms with van der Waals surface area (Å²) in [7, 11) is 0. The van der Waals surface area contributed by atoms with Gasteiger partial charge in [-0.1, -0.05) is 20.8 Å². The SMILES string of the molecule is CC(C)(C)C1CCN(c2ccc([N+](=O)[O-])c(C(=O)O)c2)C1. The minimum atomic E-state index is -1.27. The number of hydrogen-bond donors (Lipinski definition) is 1. The third-order valence-electron chi connectivity index (χ3n) is 4.19. The van der Waals surface area contributed by atoms with Gasteiger partial charge in [0.25, 0.3) is 5.69 Å². The zero-order valence-corrected chi connectivity index (χ0v) is 12.5. The topological polar surface area (TPSA) is 83.7 Å². The van der Waals surface area contributed by atoms with E-state index in [1.165, 1.54) is 12.1 Å². The smallest absolute Gasteiger partial charge is 0.342 e. The van der Waals surface area contributed by atoms with Gasteiger partial charge in [-0.25, -0.2) is 4.79 Å². The lowest BCUT2D eigenvalue weighted by Crippen LogP contribution is -2.26. The second-order valence-electron chi connectivity index (χ2n) is 6.56. The van der Waals surface area contributed by atoms with Crippen molar-refractivity contribution in [3.8, 4) is 0 Å². The minimum absolute atomic E-state index is 0.200. The Labute approximate surface area is 123 Å². The first kappa shape index (κ1) is 15.3. The Hall–Kier alpha value is -2.11. The summed E-state index contributed by atoms with van der Waals surface area (Å²) in [6, 6.07) is 4.32. The maximum Gasteiger partial charge on any atom is 0.342 e. The fourth-order valence-corrected chi connectivity index (χ4v) is 2.75. The van der Waals surface area contributed by atoms with E-state index in [4.69, 9.17) is 5.11 Å². The number of nitro benzene ring substituents is 1. The van der Waals surface area contributed by atoms with Crippen LogP contribution in [-0.2, 0) is 0 Å². The molecule has 1 aromatic rings. The summed E-state index contributed by atoms with van der Waals surface area (Å²) < 4.78 is 0. The summed E-state index contributed by atoms with van der Waals surface area (Å²) in [6.45, 7) is 8.28. The van der Waals surface area contributed by atoms with Gasteiger partial charge < -0.3 is 10.0 Å². The van der Waals surface area contributed by atoms with Gasteiger partial charge in [-0.05, 0) is 29.9 Å². The molecular formula is C15H20N2O4. The third-order valence-corrected chi connectivity index (χ3v) is 4.19. The Kier molecular flexibility index (Phi) is 3.89. The number of nitro groups is 1. The Morgan fingerprint density at radius 1 is 1.43 bits per heavy atom. The zero-order valence-electron chi connectivity index (χ0n) is 12.5. The molecule has 0 amide bonds. The lowest BCUT2D eigenvalue weighted by molar-refractivity contribution is -0.385. The molecule has 1 aliphatic heterocycles. The molecule has 0 bridgehead atoms. The number of carboxylic acid groups (broad SMARTS) is 1. The van der Waals surface area contributed by atoms with Crippen LogP contribution in [0.5, 0.6) is 0 Å². The predicted molar refractivity (Wildman–Crippen MR) is 79.8 cm³/mol. The molecule has 1 N–H and O–H groups in total. The normalized spacial score (nSPS) is 18.8. The van der Waals surface area contributed by atoms with Crippen LogP contribution in [-0.4, -0.2) is 29.1 Å². The highest BCUT2D eigenvalue weighted by Crippen LogP contribution is 2.36. The van der Waals surface area contributed by atoms with Crippen molar-refractivity contribution in [2.24, 2.45) is 11.3 Å². The van der Waals surface area contributed by atoms with Gasteiger partial charge in [0.05, 0.1) is 4.92 Å². The number of anilines is 1. The molecule has 6 nitrogen and oxygen atoms in total. The van der Waals surface area contributed by atoms with Crippen LogP contribution in [0.15, 0.2) is 18.2 Å². The molecule has 1 heterocycles. The molecule has 1 fully saturated rings. The van der Waals surface area contributed by atoms with Crippen LogP contribution in [0, 0.1) is 21.4 Å². The highest BCUT2D eigenvalue weighted by molar-refractivity contribution is 5.93. The van der Waals surface area contributed by atoms with E-state index < -0.39 is 10.9 Å². The van der Waals surface area contributed by atoms with E-state index in [0.29, 0.717) is 5.92 Å². The summed E-state index contributed by atoms with van der Waals surface area (Å²) in [5.74, 6) is -0.740. The number of rotatable bonds is 3. The molecular weight excluding hydrogens is 272 g/mol. The molecule has 1 aliphatic rings. The average molecular weight is 292 g/mol. The van der Waals surface area contributed by atoms with Gasteiger partial charge in [-0.15, -0.1) is 0 Å². The first-order valence-electron chi connectivity index (χ1n) is 6.97. The van der Waals surface area contributed by atoms with E-state index >= 15 is 0 Å². The van der Waals surface area contributed by atoms with Gasteiger partial charge in [0, 0.05) is 24.8 Å². The summed E-state index contributed by atoms with van der Waals surface area (Å²) in [6.07, 6.45) is 1.04. The van der Waals surface area contributed by atoms with Gasteiger partial charge in [0.1, 0.15) is 5.56 Å². The van der Waals surface area contributed by atoms with Crippen molar-refractivity contribution in [2.75, 3.05) is 18.0 Å². The Morgan fingerprint density at radius 3 is 2.57 bits per heavy atom. The van der Waals surface area contributed by atoms with Crippen molar-refractivity contribution < 1.29 is 14.8 Å². The van der Waals surface area contributed by atoms with E-state index in [1.807, 2.05) is 0 Å².